The topological polar surface area (TPSA) is 187 Å². The number of carbonyl (C=O) groups is 4. The lowest BCUT2D eigenvalue weighted by molar-refractivity contribution is 0.0828. The van der Waals surface area contributed by atoms with E-state index in [0.29, 0.717) is 75.4 Å². The number of nitrogens with one attached hydrogen (secondary N) is 2. The Kier molecular flexibility index (Phi) is 4.34. The molecule has 2 aliphatic rings. The molecule has 216 valence electrons. The first-order valence-corrected chi connectivity index (χ1v) is 14.6. The van der Waals surface area contributed by atoms with E-state index in [1.54, 1.807) is 24.3 Å². The molecule has 0 saturated heterocycles. The van der Waals surface area contributed by atoms with Crippen LogP contribution in [-0.2, 0) is 0 Å². The number of benzene rings is 8. The fourth-order valence-corrected chi connectivity index (χ4v) is 8.26. The van der Waals surface area contributed by atoms with Gasteiger partial charge in [-0.05, 0) is 56.6 Å². The van der Waals surface area contributed by atoms with Crippen molar-refractivity contribution in [1.82, 2.24) is 10.6 Å². The SMILES string of the molecule is N#Cc1cc2c3c(cc(C#N)c4c5ccc6c7c(C#N)cc8c9c(cc(C#N)c(c%10ccc(c1c34)c5c%106)c97)C(=O)NC8=O)C(=O)NC2=O. The number of rotatable bonds is 0. The Morgan fingerprint density at radius 3 is 0.833 bits per heavy atom. The molecule has 0 radical (unpaired) electrons. The average Bonchev–Trinajstić information content (AvgIpc) is 3.10. The summed E-state index contributed by atoms with van der Waals surface area (Å²) in [4.78, 5) is 52.2. The van der Waals surface area contributed by atoms with Crippen molar-refractivity contribution >= 4 is 99.0 Å². The molecule has 10 rings (SSSR count). The van der Waals surface area contributed by atoms with Crippen molar-refractivity contribution in [3.8, 4) is 24.3 Å². The standard InChI is InChI=1S/C38H10N6O4/c39-9-13-5-21-31-22(36(46)43-35(21)45)7-15(11-41)27-19-3-4-20-28-16(12-42)8-24-32-23(37(47)44-38(24)48)6-14(10-40)26(34(28)32)18-2-1-17(25(13)33(27)31)29(19)30(18)20/h1-8H,(H,43,45,46)(H,44,47,48). The molecule has 8 aromatic carbocycles. The normalized spacial score (nSPS) is 13.8. The predicted octanol–water partition coefficient (Wildman–Crippen LogP) is 5.89. The number of hydrogen-bond acceptors (Lipinski definition) is 8. The van der Waals surface area contributed by atoms with E-state index in [0.717, 1.165) is 0 Å². The molecule has 10 nitrogen and oxygen atoms in total. The highest BCUT2D eigenvalue weighted by Gasteiger charge is 2.34. The Bertz CT molecular complexity index is 2820. The van der Waals surface area contributed by atoms with E-state index in [-0.39, 0.29) is 44.5 Å². The highest BCUT2D eigenvalue weighted by molar-refractivity contribution is 6.47. The molecule has 4 amide bonds. The van der Waals surface area contributed by atoms with E-state index in [9.17, 15) is 40.2 Å². The predicted molar refractivity (Wildman–Crippen MR) is 174 cm³/mol. The number of nitriles is 4. The van der Waals surface area contributed by atoms with Crippen LogP contribution in [0.25, 0.3) is 75.4 Å². The number of nitrogens with zero attached hydrogens (tertiary/aromatic N) is 4. The van der Waals surface area contributed by atoms with Crippen LogP contribution in [-0.4, -0.2) is 23.6 Å². The molecule has 0 aromatic heterocycles. The van der Waals surface area contributed by atoms with Crippen molar-refractivity contribution in [2.24, 2.45) is 0 Å². The molecular weight excluding hydrogens is 604 g/mol. The highest BCUT2D eigenvalue weighted by Crippen LogP contribution is 2.51. The molecule has 48 heavy (non-hydrogen) atoms. The van der Waals surface area contributed by atoms with Gasteiger partial charge in [0.15, 0.2) is 0 Å². The van der Waals surface area contributed by atoms with Crippen molar-refractivity contribution < 1.29 is 19.2 Å². The number of fused-ring (bicyclic) bond motifs is 4. The first kappa shape index (κ1) is 25.6. The molecule has 2 heterocycles. The molecule has 0 atom stereocenters. The highest BCUT2D eigenvalue weighted by atomic mass is 16.2. The number of carbonyl (C=O) groups excluding carboxylic acids is 4. The van der Waals surface area contributed by atoms with E-state index < -0.39 is 23.6 Å². The molecule has 2 N–H and O–H groups in total. The third-order valence-corrected chi connectivity index (χ3v) is 9.96. The van der Waals surface area contributed by atoms with Crippen LogP contribution in [0.15, 0.2) is 48.5 Å². The van der Waals surface area contributed by atoms with E-state index in [4.69, 9.17) is 0 Å². The molecule has 0 unspecified atom stereocenters. The summed E-state index contributed by atoms with van der Waals surface area (Å²) in [5, 5.41) is 53.5. The number of hydrogen-bond donors (Lipinski definition) is 2. The summed E-state index contributed by atoms with van der Waals surface area (Å²) in [6, 6.07) is 21.9. The minimum atomic E-state index is -0.640. The molecule has 8 aromatic rings. The fourth-order valence-electron chi connectivity index (χ4n) is 8.26. The third kappa shape index (κ3) is 2.64. The van der Waals surface area contributed by atoms with Gasteiger partial charge < -0.3 is 0 Å². The van der Waals surface area contributed by atoms with Crippen LogP contribution in [0.5, 0.6) is 0 Å². The van der Waals surface area contributed by atoms with Crippen LogP contribution in [0.3, 0.4) is 0 Å². The summed E-state index contributed by atoms with van der Waals surface area (Å²) < 4.78 is 0. The van der Waals surface area contributed by atoms with Gasteiger partial charge in [-0.1, -0.05) is 24.3 Å². The van der Waals surface area contributed by atoms with Crippen molar-refractivity contribution in [3.63, 3.8) is 0 Å². The van der Waals surface area contributed by atoms with Crippen molar-refractivity contribution in [3.05, 3.63) is 93.0 Å². The maximum atomic E-state index is 13.0. The minimum Gasteiger partial charge on any atom is -0.288 e. The second-order valence-corrected chi connectivity index (χ2v) is 12.0. The summed E-state index contributed by atoms with van der Waals surface area (Å²) >= 11 is 0. The van der Waals surface area contributed by atoms with Gasteiger partial charge in [0.05, 0.1) is 46.5 Å². The second kappa shape index (κ2) is 8.13. The van der Waals surface area contributed by atoms with E-state index >= 15 is 0 Å². The molecule has 10 heteroatoms. The fraction of sp³-hybridized carbons (Fsp3) is 0. The van der Waals surface area contributed by atoms with Gasteiger partial charge in [0.1, 0.15) is 0 Å². The van der Waals surface area contributed by atoms with Crippen molar-refractivity contribution in [2.75, 3.05) is 0 Å². The summed E-state index contributed by atoms with van der Waals surface area (Å²) in [7, 11) is 0. The molecule has 0 fully saturated rings. The van der Waals surface area contributed by atoms with Gasteiger partial charge in [-0.25, -0.2) is 0 Å². The summed E-state index contributed by atoms with van der Waals surface area (Å²) in [5.74, 6) is -2.56. The van der Waals surface area contributed by atoms with Crippen LogP contribution in [0.4, 0.5) is 0 Å². The minimum absolute atomic E-state index is 0.157. The number of imide groups is 2. The van der Waals surface area contributed by atoms with Gasteiger partial charge in [0.25, 0.3) is 23.6 Å². The number of amides is 4. The first-order valence-electron chi connectivity index (χ1n) is 14.6. The molecule has 0 bridgehead atoms. The van der Waals surface area contributed by atoms with Gasteiger partial charge >= 0.3 is 0 Å². The Balaban J connectivity index is 1.57. The average molecular weight is 615 g/mol. The van der Waals surface area contributed by atoms with Crippen LogP contribution in [0.2, 0.25) is 0 Å². The zero-order valence-corrected chi connectivity index (χ0v) is 24.0. The van der Waals surface area contributed by atoms with Crippen LogP contribution >= 0.6 is 0 Å². The van der Waals surface area contributed by atoms with Gasteiger partial charge in [-0.2, -0.15) is 21.0 Å². The zero-order chi connectivity index (χ0) is 32.9. The maximum Gasteiger partial charge on any atom is 0.258 e. The van der Waals surface area contributed by atoms with Crippen molar-refractivity contribution in [2.45, 2.75) is 0 Å². The Hall–Kier alpha value is -7.66. The molecule has 2 aliphatic heterocycles. The van der Waals surface area contributed by atoms with Gasteiger partial charge in [-0.15, -0.1) is 0 Å². The second-order valence-electron chi connectivity index (χ2n) is 12.0. The largest absolute Gasteiger partial charge is 0.288 e. The Labute approximate surface area is 266 Å². The third-order valence-electron chi connectivity index (χ3n) is 9.96. The van der Waals surface area contributed by atoms with Crippen LogP contribution in [0.1, 0.15) is 63.7 Å². The quantitative estimate of drug-likeness (QED) is 0.120. The van der Waals surface area contributed by atoms with E-state index in [2.05, 4.69) is 34.9 Å². The lowest BCUT2D eigenvalue weighted by atomic mass is 9.78. The Morgan fingerprint density at radius 1 is 0.354 bits per heavy atom. The lowest BCUT2D eigenvalue weighted by Crippen LogP contribution is -2.35. The van der Waals surface area contributed by atoms with Crippen molar-refractivity contribution in [1.29, 1.82) is 21.0 Å². The van der Waals surface area contributed by atoms with E-state index in [1.165, 1.54) is 24.3 Å². The zero-order valence-electron chi connectivity index (χ0n) is 24.0. The van der Waals surface area contributed by atoms with Gasteiger partial charge in [-0.3, -0.25) is 29.8 Å². The van der Waals surface area contributed by atoms with Crippen LogP contribution in [0, 0.1) is 45.3 Å². The first-order chi connectivity index (χ1) is 23.3. The van der Waals surface area contributed by atoms with Gasteiger partial charge in [0, 0.05) is 65.3 Å². The molecular formula is C38H10N6O4. The molecule has 0 aliphatic carbocycles. The maximum absolute atomic E-state index is 13.0. The lowest BCUT2D eigenvalue weighted by Gasteiger charge is -2.25. The molecule has 0 spiro atoms. The monoisotopic (exact) mass is 614 g/mol. The Morgan fingerprint density at radius 2 is 0.604 bits per heavy atom. The van der Waals surface area contributed by atoms with Crippen LogP contribution < -0.4 is 10.6 Å². The summed E-state index contributed by atoms with van der Waals surface area (Å²) in [5.41, 5.74) is 1.31. The van der Waals surface area contributed by atoms with Gasteiger partial charge in [0.2, 0.25) is 0 Å². The summed E-state index contributed by atoms with van der Waals surface area (Å²) in [6.45, 7) is 0. The summed E-state index contributed by atoms with van der Waals surface area (Å²) in [6.07, 6.45) is 0. The smallest absolute Gasteiger partial charge is 0.258 e. The van der Waals surface area contributed by atoms with E-state index in [1.807, 2.05) is 0 Å². The molecule has 0 saturated carbocycles.